The molecule has 2 amide bonds. The third kappa shape index (κ3) is 5.00. The quantitative estimate of drug-likeness (QED) is 0.589. The number of ether oxygens (including phenoxy) is 1. The maximum atomic E-state index is 11.8. The van der Waals surface area contributed by atoms with Gasteiger partial charge in [-0.3, -0.25) is 4.79 Å². The Balaban J connectivity index is 1.64. The van der Waals surface area contributed by atoms with Crippen LogP contribution in [0.1, 0.15) is 44.9 Å². The Morgan fingerprint density at radius 3 is 2.55 bits per heavy atom. The van der Waals surface area contributed by atoms with Crippen LogP contribution in [0.3, 0.4) is 0 Å². The van der Waals surface area contributed by atoms with Gasteiger partial charge in [-0.15, -0.1) is 0 Å². The molecule has 0 aliphatic heterocycles. The van der Waals surface area contributed by atoms with E-state index in [0.29, 0.717) is 13.2 Å². The van der Waals surface area contributed by atoms with Crippen molar-refractivity contribution in [1.29, 1.82) is 0 Å². The molecule has 0 aromatic heterocycles. The fourth-order valence-corrected chi connectivity index (χ4v) is 2.74. The normalized spacial score (nSPS) is 20.6. The molecule has 2 aliphatic rings. The molecular formula is C14H24N2O4. The van der Waals surface area contributed by atoms with Gasteiger partial charge in [0.1, 0.15) is 0 Å². The SMILES string of the molecule is O=C(O)CC1(NC(=O)NCCOCC2CC2)CCCC1. The van der Waals surface area contributed by atoms with Crippen LogP contribution >= 0.6 is 0 Å². The minimum atomic E-state index is -0.861. The summed E-state index contributed by atoms with van der Waals surface area (Å²) in [6, 6.07) is -0.289. The van der Waals surface area contributed by atoms with Gasteiger partial charge in [-0.25, -0.2) is 4.79 Å². The zero-order chi connectivity index (χ0) is 14.4. The zero-order valence-corrected chi connectivity index (χ0v) is 11.8. The molecule has 0 aromatic rings. The average Bonchev–Trinajstić information content (AvgIpc) is 3.09. The molecule has 0 radical (unpaired) electrons. The van der Waals surface area contributed by atoms with Gasteiger partial charge >= 0.3 is 12.0 Å². The molecule has 6 heteroatoms. The van der Waals surface area contributed by atoms with E-state index >= 15 is 0 Å². The summed E-state index contributed by atoms with van der Waals surface area (Å²) < 4.78 is 5.43. The molecule has 0 saturated heterocycles. The zero-order valence-electron chi connectivity index (χ0n) is 11.8. The van der Waals surface area contributed by atoms with Crippen LogP contribution in [0.5, 0.6) is 0 Å². The van der Waals surface area contributed by atoms with E-state index in [1.165, 1.54) is 12.8 Å². The molecular weight excluding hydrogens is 260 g/mol. The third-order valence-corrected chi connectivity index (χ3v) is 4.01. The van der Waals surface area contributed by atoms with E-state index in [2.05, 4.69) is 10.6 Å². The first-order valence-corrected chi connectivity index (χ1v) is 7.45. The molecule has 20 heavy (non-hydrogen) atoms. The second kappa shape index (κ2) is 6.92. The molecule has 2 fully saturated rings. The maximum absolute atomic E-state index is 11.8. The molecule has 0 aromatic carbocycles. The van der Waals surface area contributed by atoms with Crippen LogP contribution in [0.15, 0.2) is 0 Å². The van der Waals surface area contributed by atoms with Gasteiger partial charge in [-0.1, -0.05) is 12.8 Å². The van der Waals surface area contributed by atoms with Crippen LogP contribution in [0, 0.1) is 5.92 Å². The van der Waals surface area contributed by atoms with Gasteiger partial charge in [0.15, 0.2) is 0 Å². The first-order chi connectivity index (χ1) is 9.60. The minimum absolute atomic E-state index is 0.00139. The van der Waals surface area contributed by atoms with E-state index in [4.69, 9.17) is 9.84 Å². The molecule has 0 bridgehead atoms. The number of urea groups is 1. The van der Waals surface area contributed by atoms with Crippen LogP contribution in [0.4, 0.5) is 4.79 Å². The molecule has 114 valence electrons. The highest BCUT2D eigenvalue weighted by atomic mass is 16.5. The molecule has 0 spiro atoms. The Labute approximate surface area is 119 Å². The molecule has 2 saturated carbocycles. The van der Waals surface area contributed by atoms with Gasteiger partial charge < -0.3 is 20.5 Å². The van der Waals surface area contributed by atoms with Crippen LogP contribution < -0.4 is 10.6 Å². The lowest BCUT2D eigenvalue weighted by atomic mass is 9.93. The van der Waals surface area contributed by atoms with Crippen LogP contribution in [0.2, 0.25) is 0 Å². The Bertz CT molecular complexity index is 349. The number of nitrogens with one attached hydrogen (secondary N) is 2. The molecule has 0 atom stereocenters. The highest BCUT2D eigenvalue weighted by Crippen LogP contribution is 2.32. The van der Waals surface area contributed by atoms with E-state index in [1.807, 2.05) is 0 Å². The standard InChI is InChI=1S/C14H24N2O4/c17-12(18)9-14(5-1-2-6-14)16-13(19)15-7-8-20-10-11-3-4-11/h11H,1-10H2,(H,17,18)(H2,15,16,19). The number of rotatable bonds is 8. The second-order valence-electron chi connectivity index (χ2n) is 5.96. The molecule has 0 unspecified atom stereocenters. The van der Waals surface area contributed by atoms with Gasteiger partial charge in [0, 0.05) is 13.2 Å². The van der Waals surface area contributed by atoms with Crippen LogP contribution in [-0.2, 0) is 9.53 Å². The first-order valence-electron chi connectivity index (χ1n) is 7.45. The van der Waals surface area contributed by atoms with Crippen molar-refractivity contribution in [3.8, 4) is 0 Å². The lowest BCUT2D eigenvalue weighted by molar-refractivity contribution is -0.138. The Kier molecular flexibility index (Phi) is 5.23. The van der Waals surface area contributed by atoms with Crippen LogP contribution in [0.25, 0.3) is 0 Å². The Morgan fingerprint density at radius 1 is 1.25 bits per heavy atom. The van der Waals surface area contributed by atoms with Crippen molar-refractivity contribution in [3.63, 3.8) is 0 Å². The fourth-order valence-electron chi connectivity index (χ4n) is 2.74. The smallest absolute Gasteiger partial charge is 0.315 e. The minimum Gasteiger partial charge on any atom is -0.481 e. The molecule has 0 heterocycles. The van der Waals surface area contributed by atoms with Crippen molar-refractivity contribution in [1.82, 2.24) is 10.6 Å². The van der Waals surface area contributed by atoms with E-state index in [-0.39, 0.29) is 12.5 Å². The van der Waals surface area contributed by atoms with Gasteiger partial charge in [0.05, 0.1) is 18.6 Å². The third-order valence-electron chi connectivity index (χ3n) is 4.01. The highest BCUT2D eigenvalue weighted by Gasteiger charge is 2.37. The van der Waals surface area contributed by atoms with E-state index < -0.39 is 11.5 Å². The van der Waals surface area contributed by atoms with Crippen molar-refractivity contribution in [2.24, 2.45) is 5.92 Å². The summed E-state index contributed by atoms with van der Waals surface area (Å²) in [5.74, 6) is -0.138. The first kappa shape index (κ1) is 15.1. The number of carboxylic acids is 1. The summed E-state index contributed by atoms with van der Waals surface area (Å²) >= 11 is 0. The lowest BCUT2D eigenvalue weighted by Crippen LogP contribution is -2.52. The van der Waals surface area contributed by atoms with Gasteiger partial charge in [-0.05, 0) is 31.6 Å². The van der Waals surface area contributed by atoms with Crippen molar-refractivity contribution in [2.45, 2.75) is 50.5 Å². The van der Waals surface area contributed by atoms with E-state index in [1.54, 1.807) is 0 Å². The predicted molar refractivity (Wildman–Crippen MR) is 73.5 cm³/mol. The number of carboxylic acid groups (broad SMARTS) is 1. The number of carbonyl (C=O) groups is 2. The molecule has 2 aliphatic carbocycles. The summed E-state index contributed by atoms with van der Waals surface area (Å²) in [5, 5.41) is 14.5. The topological polar surface area (TPSA) is 87.7 Å². The van der Waals surface area contributed by atoms with E-state index in [9.17, 15) is 9.59 Å². The molecule has 6 nitrogen and oxygen atoms in total. The number of hydrogen-bond acceptors (Lipinski definition) is 3. The van der Waals surface area contributed by atoms with Crippen molar-refractivity contribution in [3.05, 3.63) is 0 Å². The number of hydrogen-bond donors (Lipinski definition) is 3. The Morgan fingerprint density at radius 2 is 1.95 bits per heavy atom. The van der Waals surface area contributed by atoms with E-state index in [0.717, 1.165) is 38.2 Å². The monoisotopic (exact) mass is 284 g/mol. The number of carbonyl (C=O) groups excluding carboxylic acids is 1. The summed E-state index contributed by atoms with van der Waals surface area (Å²) in [5.41, 5.74) is -0.565. The fraction of sp³-hybridized carbons (Fsp3) is 0.857. The molecule has 3 N–H and O–H groups in total. The van der Waals surface area contributed by atoms with Gasteiger partial charge in [0.25, 0.3) is 0 Å². The summed E-state index contributed by atoms with van der Waals surface area (Å²) in [6.07, 6.45) is 5.93. The van der Waals surface area contributed by atoms with Gasteiger partial charge in [0.2, 0.25) is 0 Å². The number of amides is 2. The lowest BCUT2D eigenvalue weighted by Gasteiger charge is -2.28. The Hall–Kier alpha value is -1.30. The van der Waals surface area contributed by atoms with Crippen molar-refractivity contribution >= 4 is 12.0 Å². The van der Waals surface area contributed by atoms with Crippen molar-refractivity contribution < 1.29 is 19.4 Å². The maximum Gasteiger partial charge on any atom is 0.315 e. The average molecular weight is 284 g/mol. The molecule has 2 rings (SSSR count). The van der Waals surface area contributed by atoms with Gasteiger partial charge in [-0.2, -0.15) is 0 Å². The number of aliphatic carboxylic acids is 1. The highest BCUT2D eigenvalue weighted by molar-refractivity contribution is 5.76. The summed E-state index contributed by atoms with van der Waals surface area (Å²) in [4.78, 5) is 22.7. The largest absolute Gasteiger partial charge is 0.481 e. The van der Waals surface area contributed by atoms with Crippen LogP contribution in [-0.4, -0.2) is 42.4 Å². The summed E-state index contributed by atoms with van der Waals surface area (Å²) in [7, 11) is 0. The second-order valence-corrected chi connectivity index (χ2v) is 5.96. The predicted octanol–water partition coefficient (Wildman–Crippen LogP) is 1.50. The summed E-state index contributed by atoms with van der Waals surface area (Å²) in [6.45, 7) is 1.75. The van der Waals surface area contributed by atoms with Crippen molar-refractivity contribution in [2.75, 3.05) is 19.8 Å².